The van der Waals surface area contributed by atoms with Crippen LogP contribution in [0.1, 0.15) is 303 Å². The molecule has 0 aromatic heterocycles. The maximum Gasteiger partial charge on any atom is 0.361 e. The number of carboxylic acids is 1. The zero-order valence-electron chi connectivity index (χ0n) is 47.2. The Labute approximate surface area is 434 Å². The lowest BCUT2D eigenvalue weighted by Crippen LogP contribution is -2.40. The van der Waals surface area contributed by atoms with Gasteiger partial charge in [-0.05, 0) is 38.5 Å². The number of ether oxygens (including phenoxy) is 4. The Morgan fingerprint density at radius 3 is 1.06 bits per heavy atom. The van der Waals surface area contributed by atoms with Gasteiger partial charge in [-0.3, -0.25) is 9.59 Å². The predicted octanol–water partition coefficient (Wildman–Crippen LogP) is 17.7. The van der Waals surface area contributed by atoms with E-state index in [4.69, 9.17) is 18.9 Å². The molecule has 0 heterocycles. The largest absolute Gasteiger partial charge is 0.477 e. The van der Waals surface area contributed by atoms with Gasteiger partial charge in [-0.1, -0.05) is 264 Å². The van der Waals surface area contributed by atoms with E-state index in [-0.39, 0.29) is 32.2 Å². The van der Waals surface area contributed by atoms with Crippen molar-refractivity contribution >= 4 is 17.9 Å². The van der Waals surface area contributed by atoms with Crippen molar-refractivity contribution in [3.63, 3.8) is 0 Å². The number of hydrogen-bond acceptors (Lipinski definition) is 7. The molecule has 0 saturated heterocycles. The third-order valence-electron chi connectivity index (χ3n) is 13.8. The highest BCUT2D eigenvalue weighted by molar-refractivity contribution is 5.71. The highest BCUT2D eigenvalue weighted by atomic mass is 16.7. The summed E-state index contributed by atoms with van der Waals surface area (Å²) < 4.78 is 22.9. The molecule has 0 aliphatic carbocycles. The van der Waals surface area contributed by atoms with Crippen LogP contribution >= 0.6 is 0 Å². The molecule has 0 aromatic rings. The summed E-state index contributed by atoms with van der Waals surface area (Å²) in [7, 11) is 5.98. The molecule has 0 rings (SSSR count). The Morgan fingerprint density at radius 1 is 0.414 bits per heavy atom. The summed E-state index contributed by atoms with van der Waals surface area (Å²) in [6.07, 6.45) is 58.8. The number of esters is 2. The molecule has 414 valence electrons. The number of rotatable bonds is 57. The third-order valence-corrected chi connectivity index (χ3v) is 13.8. The molecule has 0 radical (unpaired) electrons. The molecule has 0 bridgehead atoms. The lowest BCUT2D eigenvalue weighted by molar-refractivity contribution is -0.870. The molecule has 1 N–H and O–H groups in total. The predicted molar refractivity (Wildman–Crippen MR) is 295 cm³/mol. The SMILES string of the molecule is CCCCCCCCC/C=C\CCCCCCCC(=O)OC(COC(=O)CCCCCCCCCCCCCCCCCCCCCCCCCCCCCCC)COC(OCC[N+](C)(C)C)C(=O)O. The number of carbonyl (C=O) groups excluding carboxylic acids is 2. The van der Waals surface area contributed by atoms with Crippen LogP contribution < -0.4 is 0 Å². The zero-order valence-corrected chi connectivity index (χ0v) is 47.2. The molecular weight excluding hydrogens is 875 g/mol. The van der Waals surface area contributed by atoms with Gasteiger partial charge in [0.05, 0.1) is 34.4 Å². The quantitative estimate of drug-likeness (QED) is 0.0211. The fourth-order valence-electron chi connectivity index (χ4n) is 9.07. The van der Waals surface area contributed by atoms with Gasteiger partial charge in [0, 0.05) is 12.8 Å². The summed E-state index contributed by atoms with van der Waals surface area (Å²) in [5, 5.41) is 9.69. The van der Waals surface area contributed by atoms with Gasteiger partial charge >= 0.3 is 17.9 Å². The zero-order chi connectivity index (χ0) is 51.3. The van der Waals surface area contributed by atoms with Crippen LogP contribution in [-0.4, -0.2) is 87.4 Å². The van der Waals surface area contributed by atoms with E-state index < -0.39 is 24.3 Å². The van der Waals surface area contributed by atoms with E-state index in [0.717, 1.165) is 51.4 Å². The van der Waals surface area contributed by atoms with Crippen molar-refractivity contribution in [3.8, 4) is 0 Å². The van der Waals surface area contributed by atoms with Gasteiger partial charge in [0.25, 0.3) is 6.29 Å². The van der Waals surface area contributed by atoms with Crippen molar-refractivity contribution in [2.75, 3.05) is 47.5 Å². The first kappa shape index (κ1) is 68.0. The average Bonchev–Trinajstić information content (AvgIpc) is 3.33. The van der Waals surface area contributed by atoms with Crippen LogP contribution in [0.15, 0.2) is 12.2 Å². The second kappa shape index (κ2) is 53.3. The first-order valence-electron chi connectivity index (χ1n) is 30.4. The number of likely N-dealkylation sites (N-methyl/N-ethyl adjacent to an activating group) is 1. The molecule has 0 aliphatic heterocycles. The number of carboxylic acid groups (broad SMARTS) is 1. The van der Waals surface area contributed by atoms with Gasteiger partial charge in [0.15, 0.2) is 6.10 Å². The average molecular weight is 994 g/mol. The van der Waals surface area contributed by atoms with Crippen LogP contribution in [0, 0.1) is 0 Å². The van der Waals surface area contributed by atoms with Gasteiger partial charge in [0.2, 0.25) is 0 Å². The van der Waals surface area contributed by atoms with Gasteiger partial charge in [0.1, 0.15) is 13.2 Å². The minimum absolute atomic E-state index is 0.179. The Kier molecular flexibility index (Phi) is 51.8. The van der Waals surface area contributed by atoms with E-state index in [1.807, 2.05) is 21.1 Å². The topological polar surface area (TPSA) is 108 Å². The molecule has 70 heavy (non-hydrogen) atoms. The van der Waals surface area contributed by atoms with E-state index in [0.29, 0.717) is 23.9 Å². The maximum absolute atomic E-state index is 12.8. The molecule has 0 aliphatic rings. The molecule has 0 fully saturated rings. The van der Waals surface area contributed by atoms with Gasteiger partial charge < -0.3 is 28.5 Å². The molecule has 2 unspecified atom stereocenters. The number of quaternary nitrogens is 1. The standard InChI is InChI=1S/C61H117NO8/c1-6-8-10-12-14-16-18-20-22-24-25-26-27-28-29-30-31-32-33-34-35-36-38-39-41-43-45-47-49-51-58(63)68-55-57(56-69-61(60(65)66)67-54-53-62(3,4)5)70-59(64)52-50-48-46-44-42-40-37-23-21-19-17-15-13-11-9-7-2/h23,37,57,61H,6-22,24-36,38-56H2,1-5H3/p+1/b37-23-. The Morgan fingerprint density at radius 2 is 0.729 bits per heavy atom. The first-order valence-corrected chi connectivity index (χ1v) is 30.4. The molecule has 2 atom stereocenters. The Hall–Kier alpha value is -1.97. The third kappa shape index (κ3) is 53.8. The second-order valence-electron chi connectivity index (χ2n) is 22.0. The van der Waals surface area contributed by atoms with Crippen LogP contribution in [0.4, 0.5) is 0 Å². The van der Waals surface area contributed by atoms with Crippen molar-refractivity contribution in [1.82, 2.24) is 0 Å². The molecular formula is C61H118NO8+. The van der Waals surface area contributed by atoms with Gasteiger partial charge in [-0.25, -0.2) is 4.79 Å². The Balaban J connectivity index is 4.09. The summed E-state index contributed by atoms with van der Waals surface area (Å²) in [5.74, 6) is -1.99. The fourth-order valence-corrected chi connectivity index (χ4v) is 9.07. The van der Waals surface area contributed by atoms with Gasteiger partial charge in [-0.2, -0.15) is 0 Å². The number of unbranched alkanes of at least 4 members (excludes halogenated alkanes) is 40. The highest BCUT2D eigenvalue weighted by Crippen LogP contribution is 2.18. The van der Waals surface area contributed by atoms with Crippen molar-refractivity contribution in [2.45, 2.75) is 315 Å². The van der Waals surface area contributed by atoms with E-state index in [2.05, 4.69) is 26.0 Å². The first-order chi connectivity index (χ1) is 34.1. The van der Waals surface area contributed by atoms with Crippen LogP contribution in [0.2, 0.25) is 0 Å². The molecule has 9 heteroatoms. The van der Waals surface area contributed by atoms with Crippen LogP contribution in [0.3, 0.4) is 0 Å². The summed E-state index contributed by atoms with van der Waals surface area (Å²) in [4.78, 5) is 37.4. The van der Waals surface area contributed by atoms with Crippen LogP contribution in [0.5, 0.6) is 0 Å². The van der Waals surface area contributed by atoms with Crippen molar-refractivity contribution in [1.29, 1.82) is 0 Å². The maximum atomic E-state index is 12.8. The molecule has 0 spiro atoms. The molecule has 0 amide bonds. The van der Waals surface area contributed by atoms with Crippen molar-refractivity contribution in [2.24, 2.45) is 0 Å². The minimum atomic E-state index is -1.51. The number of hydrogen-bond donors (Lipinski definition) is 1. The normalized spacial score (nSPS) is 12.8. The van der Waals surface area contributed by atoms with Crippen molar-refractivity contribution in [3.05, 3.63) is 12.2 Å². The number of aliphatic carboxylic acids is 1. The van der Waals surface area contributed by atoms with Crippen LogP contribution in [-0.2, 0) is 33.3 Å². The van der Waals surface area contributed by atoms with Gasteiger partial charge in [-0.15, -0.1) is 0 Å². The van der Waals surface area contributed by atoms with E-state index in [9.17, 15) is 19.5 Å². The molecule has 9 nitrogen and oxygen atoms in total. The Bertz CT molecular complexity index is 1150. The van der Waals surface area contributed by atoms with E-state index >= 15 is 0 Å². The number of carbonyl (C=O) groups is 3. The van der Waals surface area contributed by atoms with E-state index in [1.54, 1.807) is 0 Å². The van der Waals surface area contributed by atoms with E-state index in [1.165, 1.54) is 218 Å². The fraction of sp³-hybridized carbons (Fsp3) is 0.918. The minimum Gasteiger partial charge on any atom is -0.477 e. The summed E-state index contributed by atoms with van der Waals surface area (Å²) >= 11 is 0. The second-order valence-corrected chi connectivity index (χ2v) is 22.0. The monoisotopic (exact) mass is 993 g/mol. The molecule has 0 saturated carbocycles. The lowest BCUT2D eigenvalue weighted by Gasteiger charge is -2.25. The summed E-state index contributed by atoms with van der Waals surface area (Å²) in [6, 6.07) is 0. The summed E-state index contributed by atoms with van der Waals surface area (Å²) in [5.41, 5.74) is 0. The molecule has 0 aromatic carbocycles. The van der Waals surface area contributed by atoms with Crippen LogP contribution in [0.25, 0.3) is 0 Å². The highest BCUT2D eigenvalue weighted by Gasteiger charge is 2.25. The number of nitrogens with zero attached hydrogens (tertiary/aromatic N) is 1. The lowest BCUT2D eigenvalue weighted by atomic mass is 10.0. The smallest absolute Gasteiger partial charge is 0.361 e. The summed E-state index contributed by atoms with van der Waals surface area (Å²) in [6.45, 7) is 4.92. The van der Waals surface area contributed by atoms with Crippen molar-refractivity contribution < 1.29 is 42.9 Å². The number of allylic oxidation sites excluding steroid dienone is 2.